The predicted molar refractivity (Wildman–Crippen MR) is 97.1 cm³/mol. The van der Waals surface area contributed by atoms with Gasteiger partial charge in [0.25, 0.3) is 0 Å². The second-order valence-corrected chi connectivity index (χ2v) is 7.32. The highest BCUT2D eigenvalue weighted by molar-refractivity contribution is 9.10. The zero-order valence-electron chi connectivity index (χ0n) is 12.7. The molecule has 0 unspecified atom stereocenters. The van der Waals surface area contributed by atoms with E-state index in [0.717, 1.165) is 4.47 Å². The molecule has 0 amide bonds. The van der Waals surface area contributed by atoms with Crippen LogP contribution in [0.2, 0.25) is 0 Å². The summed E-state index contributed by atoms with van der Waals surface area (Å²) in [5.41, 5.74) is 8.22. The second kappa shape index (κ2) is 4.82. The third-order valence-electron chi connectivity index (χ3n) is 4.72. The summed E-state index contributed by atoms with van der Waals surface area (Å²) in [5.74, 6) is 0. The van der Waals surface area contributed by atoms with Crippen molar-refractivity contribution in [2.45, 2.75) is 19.3 Å². The number of benzene rings is 3. The Labute approximate surface area is 140 Å². The molecule has 3 aromatic rings. The summed E-state index contributed by atoms with van der Waals surface area (Å²) in [5, 5.41) is 0. The quantitative estimate of drug-likeness (QED) is 0.475. The molecule has 1 aliphatic carbocycles. The van der Waals surface area contributed by atoms with E-state index < -0.39 is 0 Å². The Morgan fingerprint density at radius 3 is 2.23 bits per heavy atom. The van der Waals surface area contributed by atoms with Crippen LogP contribution >= 0.6 is 15.9 Å². The van der Waals surface area contributed by atoms with Crippen molar-refractivity contribution in [1.82, 2.24) is 0 Å². The molecule has 0 saturated carbocycles. The first-order valence-corrected chi connectivity index (χ1v) is 8.37. The molecule has 108 valence electrons. The van der Waals surface area contributed by atoms with E-state index in [2.05, 4.69) is 96.5 Å². The Morgan fingerprint density at radius 2 is 1.45 bits per heavy atom. The highest BCUT2D eigenvalue weighted by atomic mass is 79.9. The molecule has 0 heterocycles. The Morgan fingerprint density at radius 1 is 0.727 bits per heavy atom. The van der Waals surface area contributed by atoms with Crippen LogP contribution in [0.1, 0.15) is 25.0 Å². The van der Waals surface area contributed by atoms with E-state index >= 15 is 0 Å². The van der Waals surface area contributed by atoms with Gasteiger partial charge in [-0.2, -0.15) is 0 Å². The van der Waals surface area contributed by atoms with Gasteiger partial charge in [0, 0.05) is 9.89 Å². The van der Waals surface area contributed by atoms with Crippen molar-refractivity contribution >= 4 is 15.9 Å². The molecule has 0 aromatic heterocycles. The zero-order valence-corrected chi connectivity index (χ0v) is 14.3. The predicted octanol–water partition coefficient (Wildman–Crippen LogP) is 6.42. The molecule has 0 radical (unpaired) electrons. The molecule has 4 rings (SSSR count). The highest BCUT2D eigenvalue weighted by Crippen LogP contribution is 2.52. The topological polar surface area (TPSA) is 0 Å². The van der Waals surface area contributed by atoms with Crippen LogP contribution in [0.5, 0.6) is 0 Å². The highest BCUT2D eigenvalue weighted by Gasteiger charge is 2.37. The van der Waals surface area contributed by atoms with Crippen molar-refractivity contribution in [2.75, 3.05) is 0 Å². The van der Waals surface area contributed by atoms with Crippen LogP contribution in [0, 0.1) is 0 Å². The average Bonchev–Trinajstić information content (AvgIpc) is 2.76. The van der Waals surface area contributed by atoms with Gasteiger partial charge < -0.3 is 0 Å². The van der Waals surface area contributed by atoms with E-state index in [0.29, 0.717) is 0 Å². The minimum absolute atomic E-state index is 0.0148. The van der Waals surface area contributed by atoms with E-state index in [1.807, 2.05) is 0 Å². The smallest absolute Gasteiger partial charge is 0.0178 e. The Kier molecular flexibility index (Phi) is 3.02. The van der Waals surface area contributed by atoms with Gasteiger partial charge in [0.1, 0.15) is 0 Å². The molecule has 0 saturated heterocycles. The molecule has 0 atom stereocenters. The molecular formula is C21H17Br. The lowest BCUT2D eigenvalue weighted by molar-refractivity contribution is 0.661. The third kappa shape index (κ3) is 1.89. The van der Waals surface area contributed by atoms with Crippen LogP contribution in [0.25, 0.3) is 22.3 Å². The van der Waals surface area contributed by atoms with Crippen molar-refractivity contribution in [3.63, 3.8) is 0 Å². The summed E-state index contributed by atoms with van der Waals surface area (Å²) in [6.07, 6.45) is 0. The molecule has 0 bridgehead atoms. The minimum atomic E-state index is 0.0148. The Bertz CT molecular complexity index is 860. The van der Waals surface area contributed by atoms with E-state index in [4.69, 9.17) is 0 Å². The van der Waals surface area contributed by atoms with Crippen molar-refractivity contribution < 1.29 is 0 Å². The molecule has 0 spiro atoms. The molecular weight excluding hydrogens is 332 g/mol. The molecule has 3 aromatic carbocycles. The molecule has 0 N–H and O–H groups in total. The summed E-state index contributed by atoms with van der Waals surface area (Å²) in [6, 6.07) is 24.0. The lowest BCUT2D eigenvalue weighted by Gasteiger charge is -2.24. The maximum atomic E-state index is 3.62. The summed E-state index contributed by atoms with van der Waals surface area (Å²) < 4.78 is 1.15. The molecule has 0 nitrogen and oxygen atoms in total. The summed E-state index contributed by atoms with van der Waals surface area (Å²) in [6.45, 7) is 4.66. The van der Waals surface area contributed by atoms with Crippen molar-refractivity contribution in [2.24, 2.45) is 0 Å². The van der Waals surface area contributed by atoms with Crippen LogP contribution in [0.3, 0.4) is 0 Å². The fourth-order valence-electron chi connectivity index (χ4n) is 3.71. The van der Waals surface area contributed by atoms with Gasteiger partial charge in [0.15, 0.2) is 0 Å². The standard InChI is InChI=1S/C21H17Br/c1-21(2)19-13-15(22)11-12-17(19)18-10-6-9-16(20(18)21)14-7-4-3-5-8-14/h3-13H,1-2H3. The van der Waals surface area contributed by atoms with Gasteiger partial charge in [-0.3, -0.25) is 0 Å². The summed E-state index contributed by atoms with van der Waals surface area (Å²) >= 11 is 3.62. The van der Waals surface area contributed by atoms with Gasteiger partial charge in [-0.1, -0.05) is 84.4 Å². The second-order valence-electron chi connectivity index (χ2n) is 6.41. The van der Waals surface area contributed by atoms with Gasteiger partial charge in [-0.15, -0.1) is 0 Å². The molecule has 1 aliphatic rings. The van der Waals surface area contributed by atoms with Crippen LogP contribution in [-0.2, 0) is 5.41 Å². The van der Waals surface area contributed by atoms with Gasteiger partial charge in [-0.05, 0) is 45.5 Å². The van der Waals surface area contributed by atoms with Crippen LogP contribution in [0.4, 0.5) is 0 Å². The fraction of sp³-hybridized carbons (Fsp3) is 0.143. The van der Waals surface area contributed by atoms with Crippen molar-refractivity contribution in [1.29, 1.82) is 0 Å². The van der Waals surface area contributed by atoms with Crippen LogP contribution in [0.15, 0.2) is 71.2 Å². The summed E-state index contributed by atoms with van der Waals surface area (Å²) in [7, 11) is 0. The van der Waals surface area contributed by atoms with E-state index in [1.54, 1.807) is 0 Å². The zero-order chi connectivity index (χ0) is 15.3. The Balaban J connectivity index is 2.05. The molecule has 22 heavy (non-hydrogen) atoms. The normalized spacial score (nSPS) is 14.5. The number of halogens is 1. The summed E-state index contributed by atoms with van der Waals surface area (Å²) in [4.78, 5) is 0. The monoisotopic (exact) mass is 348 g/mol. The first kappa shape index (κ1) is 13.8. The van der Waals surface area contributed by atoms with E-state index in [1.165, 1.54) is 33.4 Å². The van der Waals surface area contributed by atoms with Gasteiger partial charge in [0.2, 0.25) is 0 Å². The molecule has 1 heteroatoms. The van der Waals surface area contributed by atoms with Gasteiger partial charge in [-0.25, -0.2) is 0 Å². The first-order chi connectivity index (χ1) is 10.6. The largest absolute Gasteiger partial charge is 0.0622 e. The number of fused-ring (bicyclic) bond motifs is 3. The number of hydrogen-bond donors (Lipinski definition) is 0. The number of rotatable bonds is 1. The molecule has 0 aliphatic heterocycles. The SMILES string of the molecule is CC1(C)c2cc(Br)ccc2-c2cccc(-c3ccccc3)c21. The lowest BCUT2D eigenvalue weighted by Crippen LogP contribution is -2.16. The Hall–Kier alpha value is -1.86. The maximum absolute atomic E-state index is 3.62. The third-order valence-corrected chi connectivity index (χ3v) is 5.21. The van der Waals surface area contributed by atoms with Crippen LogP contribution < -0.4 is 0 Å². The number of hydrogen-bond acceptors (Lipinski definition) is 0. The first-order valence-electron chi connectivity index (χ1n) is 7.58. The minimum Gasteiger partial charge on any atom is -0.0622 e. The molecule has 0 fully saturated rings. The fourth-order valence-corrected chi connectivity index (χ4v) is 4.07. The van der Waals surface area contributed by atoms with E-state index in [9.17, 15) is 0 Å². The van der Waals surface area contributed by atoms with Gasteiger partial charge >= 0.3 is 0 Å². The van der Waals surface area contributed by atoms with E-state index in [-0.39, 0.29) is 5.41 Å². The van der Waals surface area contributed by atoms with Gasteiger partial charge in [0.05, 0.1) is 0 Å². The lowest BCUT2D eigenvalue weighted by atomic mass is 9.79. The van der Waals surface area contributed by atoms with Crippen molar-refractivity contribution in [3.8, 4) is 22.3 Å². The maximum Gasteiger partial charge on any atom is 0.0178 e. The van der Waals surface area contributed by atoms with Crippen molar-refractivity contribution in [3.05, 3.63) is 82.3 Å². The average molecular weight is 349 g/mol. The van der Waals surface area contributed by atoms with Crippen LogP contribution in [-0.4, -0.2) is 0 Å².